The number of hydrogen-bond acceptors (Lipinski definition) is 4. The Morgan fingerprint density at radius 3 is 1.42 bits per heavy atom. The normalized spacial score (nSPS) is 9.92. The fraction of sp³-hybridized carbons (Fsp3) is 0.222. The number of carboxylic acids is 2. The van der Waals surface area contributed by atoms with Gasteiger partial charge in [-0.05, 0) is 11.1 Å². The third-order valence-electron chi connectivity index (χ3n) is 3.10. The summed E-state index contributed by atoms with van der Waals surface area (Å²) in [4.78, 5) is 20.5. The van der Waals surface area contributed by atoms with Gasteiger partial charge < -0.3 is 15.3 Å². The van der Waals surface area contributed by atoms with Gasteiger partial charge in [0.05, 0.1) is 6.61 Å². The second-order valence-corrected chi connectivity index (χ2v) is 5.02. The summed E-state index contributed by atoms with van der Waals surface area (Å²) in [7, 11) is 0. The van der Waals surface area contributed by atoms with E-state index in [0.717, 1.165) is 13.1 Å². The average molecular weight is 331 g/mol. The molecule has 2 aromatic rings. The molecule has 0 aliphatic heterocycles. The van der Waals surface area contributed by atoms with E-state index in [9.17, 15) is 0 Å². The number of hydrogen-bond donors (Lipinski definition) is 3. The van der Waals surface area contributed by atoms with Crippen LogP contribution >= 0.6 is 0 Å². The molecule has 0 aliphatic carbocycles. The van der Waals surface area contributed by atoms with Gasteiger partial charge in [-0.2, -0.15) is 0 Å². The Kier molecular flexibility index (Phi) is 8.81. The summed E-state index contributed by atoms with van der Waals surface area (Å²) in [6, 6.07) is 20.7. The van der Waals surface area contributed by atoms with E-state index in [4.69, 9.17) is 24.9 Å². The number of aliphatic carboxylic acids is 2. The van der Waals surface area contributed by atoms with Gasteiger partial charge in [0.2, 0.25) is 0 Å². The van der Waals surface area contributed by atoms with Gasteiger partial charge in [0.1, 0.15) is 0 Å². The zero-order valence-electron chi connectivity index (χ0n) is 13.2. The minimum atomic E-state index is -1.82. The Labute approximate surface area is 140 Å². The minimum absolute atomic E-state index is 0.194. The molecule has 0 radical (unpaired) electrons. The summed E-state index contributed by atoms with van der Waals surface area (Å²) < 4.78 is 0. The van der Waals surface area contributed by atoms with Crippen molar-refractivity contribution in [3.05, 3.63) is 71.8 Å². The van der Waals surface area contributed by atoms with E-state index in [1.54, 1.807) is 0 Å². The molecule has 0 aliphatic rings. The Morgan fingerprint density at radius 1 is 0.750 bits per heavy atom. The van der Waals surface area contributed by atoms with Crippen LogP contribution in [0.15, 0.2) is 60.7 Å². The van der Waals surface area contributed by atoms with Crippen molar-refractivity contribution in [3.8, 4) is 0 Å². The quantitative estimate of drug-likeness (QED) is 0.699. The number of benzene rings is 2. The summed E-state index contributed by atoms with van der Waals surface area (Å²) >= 11 is 0. The molecule has 2 rings (SSSR count). The van der Waals surface area contributed by atoms with Crippen LogP contribution in [0.1, 0.15) is 11.1 Å². The van der Waals surface area contributed by atoms with Gasteiger partial charge >= 0.3 is 11.9 Å². The smallest absolute Gasteiger partial charge is 0.414 e. The molecule has 0 spiro atoms. The second-order valence-electron chi connectivity index (χ2n) is 5.02. The maximum atomic E-state index is 9.15. The highest BCUT2D eigenvalue weighted by Crippen LogP contribution is 2.09. The lowest BCUT2D eigenvalue weighted by molar-refractivity contribution is -0.159. The highest BCUT2D eigenvalue weighted by molar-refractivity contribution is 6.27. The third kappa shape index (κ3) is 8.07. The monoisotopic (exact) mass is 331 g/mol. The van der Waals surface area contributed by atoms with E-state index in [-0.39, 0.29) is 6.61 Å². The van der Waals surface area contributed by atoms with Crippen molar-refractivity contribution in [1.29, 1.82) is 0 Å². The molecule has 0 unspecified atom stereocenters. The fourth-order valence-corrected chi connectivity index (χ4v) is 2.04. The molecule has 0 aromatic heterocycles. The molecule has 0 amide bonds. The minimum Gasteiger partial charge on any atom is -0.473 e. The Balaban J connectivity index is 0.000000413. The zero-order chi connectivity index (χ0) is 17.8. The highest BCUT2D eigenvalue weighted by atomic mass is 16.4. The van der Waals surface area contributed by atoms with Gasteiger partial charge in [0.25, 0.3) is 0 Å². The van der Waals surface area contributed by atoms with Crippen molar-refractivity contribution in [2.24, 2.45) is 0 Å². The molecule has 0 fully saturated rings. The molecule has 128 valence electrons. The first kappa shape index (κ1) is 19.3. The standard InChI is InChI=1S/C16H19NO.C2H2O4/c18-12-11-17(13-15-7-3-1-4-8-15)14-16-9-5-2-6-10-16;3-1(4)2(5)6/h1-10,18H,11-14H2;(H,3,4)(H,5,6). The lowest BCUT2D eigenvalue weighted by atomic mass is 10.1. The van der Waals surface area contributed by atoms with Gasteiger partial charge in [-0.15, -0.1) is 0 Å². The first-order valence-corrected chi connectivity index (χ1v) is 7.40. The van der Waals surface area contributed by atoms with Crippen LogP contribution in [0.2, 0.25) is 0 Å². The van der Waals surface area contributed by atoms with Crippen molar-refractivity contribution in [2.75, 3.05) is 13.2 Å². The molecule has 0 atom stereocenters. The first-order chi connectivity index (χ1) is 11.5. The van der Waals surface area contributed by atoms with Gasteiger partial charge in [0.15, 0.2) is 0 Å². The molecule has 2 aromatic carbocycles. The molecule has 6 heteroatoms. The fourth-order valence-electron chi connectivity index (χ4n) is 2.04. The molecule has 0 saturated carbocycles. The van der Waals surface area contributed by atoms with Crippen LogP contribution in [-0.4, -0.2) is 45.3 Å². The second kappa shape index (κ2) is 10.9. The lowest BCUT2D eigenvalue weighted by Gasteiger charge is -2.21. The van der Waals surface area contributed by atoms with Gasteiger partial charge in [-0.3, -0.25) is 4.90 Å². The molecule has 3 N–H and O–H groups in total. The van der Waals surface area contributed by atoms with E-state index in [0.29, 0.717) is 6.54 Å². The SMILES string of the molecule is O=C(O)C(=O)O.OCCN(Cc1ccccc1)Cc1ccccc1. The van der Waals surface area contributed by atoms with Crippen molar-refractivity contribution >= 4 is 11.9 Å². The molecule has 0 heterocycles. The van der Waals surface area contributed by atoms with Crippen molar-refractivity contribution in [2.45, 2.75) is 13.1 Å². The molecule has 0 saturated heterocycles. The third-order valence-corrected chi connectivity index (χ3v) is 3.10. The van der Waals surface area contributed by atoms with Gasteiger partial charge in [0, 0.05) is 19.6 Å². The summed E-state index contributed by atoms with van der Waals surface area (Å²) in [5, 5.41) is 23.9. The van der Waals surface area contributed by atoms with Crippen LogP contribution in [0.4, 0.5) is 0 Å². The van der Waals surface area contributed by atoms with Crippen molar-refractivity contribution in [1.82, 2.24) is 4.90 Å². The van der Waals surface area contributed by atoms with Crippen molar-refractivity contribution in [3.63, 3.8) is 0 Å². The highest BCUT2D eigenvalue weighted by Gasteiger charge is 2.06. The predicted octanol–water partition coefficient (Wildman–Crippen LogP) is 1.84. The zero-order valence-corrected chi connectivity index (χ0v) is 13.2. The molecule has 24 heavy (non-hydrogen) atoms. The Hall–Kier alpha value is -2.70. The summed E-state index contributed by atoms with van der Waals surface area (Å²) in [5.41, 5.74) is 2.56. The van der Waals surface area contributed by atoms with Crippen LogP contribution in [0, 0.1) is 0 Å². The van der Waals surface area contributed by atoms with E-state index in [2.05, 4.69) is 53.4 Å². The number of carbonyl (C=O) groups is 2. The van der Waals surface area contributed by atoms with Crippen LogP contribution in [0.25, 0.3) is 0 Å². The van der Waals surface area contributed by atoms with E-state index >= 15 is 0 Å². The van der Waals surface area contributed by atoms with Crippen LogP contribution in [-0.2, 0) is 22.7 Å². The van der Waals surface area contributed by atoms with Crippen LogP contribution < -0.4 is 0 Å². The van der Waals surface area contributed by atoms with E-state index < -0.39 is 11.9 Å². The Bertz CT molecular complexity index is 562. The first-order valence-electron chi connectivity index (χ1n) is 7.40. The van der Waals surface area contributed by atoms with Crippen LogP contribution in [0.3, 0.4) is 0 Å². The number of nitrogens with zero attached hydrogens (tertiary/aromatic N) is 1. The average Bonchev–Trinajstić information content (AvgIpc) is 2.57. The van der Waals surface area contributed by atoms with E-state index in [1.807, 2.05) is 12.1 Å². The maximum Gasteiger partial charge on any atom is 0.414 e. The molecule has 0 bridgehead atoms. The largest absolute Gasteiger partial charge is 0.473 e. The lowest BCUT2D eigenvalue weighted by Crippen LogP contribution is -2.26. The molecular formula is C18H21NO5. The topological polar surface area (TPSA) is 98.1 Å². The van der Waals surface area contributed by atoms with Gasteiger partial charge in [-0.1, -0.05) is 60.7 Å². The van der Waals surface area contributed by atoms with Gasteiger partial charge in [-0.25, -0.2) is 9.59 Å². The van der Waals surface area contributed by atoms with Crippen LogP contribution in [0.5, 0.6) is 0 Å². The van der Waals surface area contributed by atoms with Crippen molar-refractivity contribution < 1.29 is 24.9 Å². The number of aliphatic hydroxyl groups excluding tert-OH is 1. The predicted molar refractivity (Wildman–Crippen MR) is 89.4 cm³/mol. The number of rotatable bonds is 6. The summed E-state index contributed by atoms with van der Waals surface area (Å²) in [6.07, 6.45) is 0. The summed E-state index contributed by atoms with van der Waals surface area (Å²) in [5.74, 6) is -3.65. The molecule has 6 nitrogen and oxygen atoms in total. The number of aliphatic hydroxyl groups is 1. The maximum absolute atomic E-state index is 9.15. The molecular weight excluding hydrogens is 310 g/mol. The van der Waals surface area contributed by atoms with E-state index in [1.165, 1.54) is 11.1 Å². The Morgan fingerprint density at radius 2 is 1.12 bits per heavy atom. The summed E-state index contributed by atoms with van der Waals surface area (Å²) in [6.45, 7) is 2.63. The number of carboxylic acid groups (broad SMARTS) is 2.